The third kappa shape index (κ3) is 1.53. The molecule has 0 fully saturated rings. The molecule has 2 heterocycles. The molecule has 0 saturated carbocycles. The molecule has 0 radical (unpaired) electrons. The fraction of sp³-hybridized carbons (Fsp3) is 0.167. The van der Waals surface area contributed by atoms with E-state index >= 15 is 0 Å². The van der Waals surface area contributed by atoms with Crippen molar-refractivity contribution in [2.45, 2.75) is 23.2 Å². The quantitative estimate of drug-likeness (QED) is 0.420. The molecule has 5 rings (SSSR count). The molecule has 25 heavy (non-hydrogen) atoms. The van der Waals surface area contributed by atoms with Crippen molar-refractivity contribution in [3.8, 4) is 0 Å². The molecule has 0 saturated heterocycles. The first-order valence-corrected chi connectivity index (χ1v) is 12.1. The van der Waals surface area contributed by atoms with E-state index in [1.807, 2.05) is 0 Å². The Morgan fingerprint density at radius 1 is 0.520 bits per heavy atom. The predicted octanol–water partition coefficient (Wildman–Crippen LogP) is 5.63. The molecule has 3 aromatic rings. The summed E-state index contributed by atoms with van der Waals surface area (Å²) in [4.78, 5) is 0. The second-order valence-electron chi connectivity index (χ2n) is 7.85. The predicted molar refractivity (Wildman–Crippen MR) is 108 cm³/mol. The van der Waals surface area contributed by atoms with Crippen LogP contribution in [0.15, 0.2) is 97.1 Å². The molecule has 0 nitrogen and oxygen atoms in total. The number of hydrogen-bond acceptors (Lipinski definition) is 0. The summed E-state index contributed by atoms with van der Waals surface area (Å²) in [6.45, 7) is 5.15. The molecule has 0 aromatic heterocycles. The lowest BCUT2D eigenvalue weighted by molar-refractivity contribution is 0.884. The van der Waals surface area contributed by atoms with Gasteiger partial charge in [0.15, 0.2) is 0 Å². The van der Waals surface area contributed by atoms with Gasteiger partial charge < -0.3 is 0 Å². The van der Waals surface area contributed by atoms with E-state index in [4.69, 9.17) is 0 Å². The van der Waals surface area contributed by atoms with Crippen LogP contribution in [-0.4, -0.2) is 8.07 Å². The summed E-state index contributed by atoms with van der Waals surface area (Å²) in [6.07, 6.45) is 5.06. The van der Waals surface area contributed by atoms with E-state index in [9.17, 15) is 0 Å². The SMILES string of the molecule is C[Si]1(C)C2(c3ccccc3)C=CC1(c1ccccc1)c1ccccc12. The van der Waals surface area contributed by atoms with E-state index in [-0.39, 0.29) is 10.1 Å². The summed E-state index contributed by atoms with van der Waals surface area (Å²) in [5.74, 6) is 0. The monoisotopic (exact) mass is 338 g/mol. The molecule has 2 atom stereocenters. The zero-order chi connectivity index (χ0) is 17.1. The van der Waals surface area contributed by atoms with Crippen LogP contribution < -0.4 is 0 Å². The van der Waals surface area contributed by atoms with Crippen LogP contribution in [0.5, 0.6) is 0 Å². The molecule has 3 aromatic carbocycles. The van der Waals surface area contributed by atoms with Gasteiger partial charge in [0.25, 0.3) is 0 Å². The fourth-order valence-corrected chi connectivity index (χ4v) is 10.8. The summed E-state index contributed by atoms with van der Waals surface area (Å²) < 4.78 is 0. The Morgan fingerprint density at radius 2 is 0.880 bits per heavy atom. The minimum atomic E-state index is -1.83. The first kappa shape index (κ1) is 14.9. The summed E-state index contributed by atoms with van der Waals surface area (Å²) in [6, 6.07) is 31.4. The highest BCUT2D eigenvalue weighted by Gasteiger charge is 2.69. The van der Waals surface area contributed by atoms with Gasteiger partial charge in [0.1, 0.15) is 0 Å². The highest BCUT2D eigenvalue weighted by molar-refractivity contribution is 6.87. The van der Waals surface area contributed by atoms with Crippen LogP contribution in [0, 0.1) is 0 Å². The molecule has 0 spiro atoms. The highest BCUT2D eigenvalue weighted by atomic mass is 28.3. The van der Waals surface area contributed by atoms with Crippen molar-refractivity contribution in [3.05, 3.63) is 119 Å². The van der Waals surface area contributed by atoms with Crippen molar-refractivity contribution in [1.82, 2.24) is 0 Å². The van der Waals surface area contributed by atoms with Gasteiger partial charge in [-0.25, -0.2) is 0 Å². The number of benzene rings is 3. The second-order valence-corrected chi connectivity index (χ2v) is 12.7. The van der Waals surface area contributed by atoms with Crippen molar-refractivity contribution >= 4 is 8.07 Å². The van der Waals surface area contributed by atoms with Gasteiger partial charge >= 0.3 is 0 Å². The summed E-state index contributed by atoms with van der Waals surface area (Å²) in [5.41, 5.74) is 5.93. The van der Waals surface area contributed by atoms with E-state index in [1.54, 1.807) is 0 Å². The van der Waals surface area contributed by atoms with Gasteiger partial charge in [0.05, 0.1) is 8.07 Å². The second kappa shape index (κ2) is 4.83. The van der Waals surface area contributed by atoms with E-state index in [2.05, 4.69) is 110 Å². The Morgan fingerprint density at radius 3 is 1.28 bits per heavy atom. The number of rotatable bonds is 2. The van der Waals surface area contributed by atoms with E-state index in [0.29, 0.717) is 0 Å². The van der Waals surface area contributed by atoms with E-state index < -0.39 is 8.07 Å². The van der Waals surface area contributed by atoms with Crippen LogP contribution in [0.25, 0.3) is 0 Å². The van der Waals surface area contributed by atoms with Crippen LogP contribution in [0.2, 0.25) is 13.1 Å². The first-order chi connectivity index (χ1) is 12.1. The van der Waals surface area contributed by atoms with Crippen molar-refractivity contribution in [1.29, 1.82) is 0 Å². The van der Waals surface area contributed by atoms with Gasteiger partial charge in [0.2, 0.25) is 0 Å². The van der Waals surface area contributed by atoms with E-state index in [1.165, 1.54) is 22.3 Å². The van der Waals surface area contributed by atoms with Crippen LogP contribution >= 0.6 is 0 Å². The summed E-state index contributed by atoms with van der Waals surface area (Å²) >= 11 is 0. The molecule has 2 aliphatic heterocycles. The zero-order valence-corrected chi connectivity index (χ0v) is 15.7. The first-order valence-electron chi connectivity index (χ1n) is 9.06. The number of fused-ring (bicyclic) bond motifs is 5. The zero-order valence-electron chi connectivity index (χ0n) is 14.7. The maximum absolute atomic E-state index is 2.58. The van der Waals surface area contributed by atoms with Gasteiger partial charge in [-0.05, 0) is 22.3 Å². The lowest BCUT2D eigenvalue weighted by Crippen LogP contribution is -2.55. The third-order valence-corrected chi connectivity index (χ3v) is 12.2. The molecule has 1 heteroatoms. The average molecular weight is 339 g/mol. The normalized spacial score (nSPS) is 28.1. The standard InChI is InChI=1S/C24H22Si/c1-25(2)23(19-11-5-3-6-12-19)17-18-24(25,20-13-7-4-8-14-20)22-16-10-9-15-21(22)23/h3-18H,1-2H3. The van der Waals surface area contributed by atoms with Crippen molar-refractivity contribution in [2.75, 3.05) is 0 Å². The maximum atomic E-state index is 2.58. The Hall–Kier alpha value is -2.38. The van der Waals surface area contributed by atoms with Gasteiger partial charge in [-0.3, -0.25) is 0 Å². The van der Waals surface area contributed by atoms with Crippen molar-refractivity contribution in [3.63, 3.8) is 0 Å². The lowest BCUT2D eigenvalue weighted by Gasteiger charge is -2.42. The fourth-order valence-electron chi connectivity index (χ4n) is 5.63. The van der Waals surface area contributed by atoms with Gasteiger partial charge in [-0.2, -0.15) is 0 Å². The Labute approximate surface area is 150 Å². The molecule has 2 unspecified atom stereocenters. The van der Waals surface area contributed by atoms with Gasteiger partial charge in [-0.15, -0.1) is 0 Å². The molecule has 0 amide bonds. The molecular formula is C24H22Si. The maximum Gasteiger partial charge on any atom is 0.0900 e. The van der Waals surface area contributed by atoms with Gasteiger partial charge in [0, 0.05) is 10.1 Å². The van der Waals surface area contributed by atoms with Crippen LogP contribution in [0.4, 0.5) is 0 Å². The highest BCUT2D eigenvalue weighted by Crippen LogP contribution is 2.65. The van der Waals surface area contributed by atoms with Crippen LogP contribution in [0.1, 0.15) is 22.3 Å². The molecule has 122 valence electrons. The molecule has 0 aliphatic carbocycles. The lowest BCUT2D eigenvalue weighted by atomic mass is 9.76. The molecule has 2 aliphatic rings. The minimum Gasteiger partial charge on any atom is -0.0755 e. The molecule has 2 bridgehead atoms. The molecule has 0 N–H and O–H groups in total. The Kier molecular flexibility index (Phi) is 2.88. The smallest absolute Gasteiger partial charge is 0.0755 e. The van der Waals surface area contributed by atoms with Crippen molar-refractivity contribution in [2.24, 2.45) is 0 Å². The van der Waals surface area contributed by atoms with Gasteiger partial charge in [-0.1, -0.05) is 110 Å². The number of allylic oxidation sites excluding steroid dienone is 2. The number of hydrogen-bond donors (Lipinski definition) is 0. The minimum absolute atomic E-state index is 0.0562. The Bertz CT molecular complexity index is 893. The van der Waals surface area contributed by atoms with E-state index in [0.717, 1.165) is 0 Å². The topological polar surface area (TPSA) is 0 Å². The Balaban J connectivity index is 1.90. The summed E-state index contributed by atoms with van der Waals surface area (Å²) in [5, 5.41) is 0.112. The largest absolute Gasteiger partial charge is 0.0900 e. The average Bonchev–Trinajstić information content (AvgIpc) is 3.02. The van der Waals surface area contributed by atoms with Crippen LogP contribution in [0.3, 0.4) is 0 Å². The summed E-state index contributed by atoms with van der Waals surface area (Å²) in [7, 11) is -1.83. The third-order valence-electron chi connectivity index (χ3n) is 6.79. The van der Waals surface area contributed by atoms with Crippen LogP contribution in [-0.2, 0) is 10.1 Å². The van der Waals surface area contributed by atoms with Crippen molar-refractivity contribution < 1.29 is 0 Å². The molecular weight excluding hydrogens is 316 g/mol.